The Bertz CT molecular complexity index is 256. The van der Waals surface area contributed by atoms with Crippen molar-refractivity contribution in [2.75, 3.05) is 72.1 Å². The van der Waals surface area contributed by atoms with Gasteiger partial charge in [-0.3, -0.25) is 14.6 Å². The van der Waals surface area contributed by atoms with E-state index in [9.17, 15) is 4.79 Å². The Morgan fingerprint density at radius 2 is 1.79 bits per heavy atom. The van der Waals surface area contributed by atoms with Crippen LogP contribution in [0.3, 0.4) is 0 Å². The molecule has 2 aliphatic rings. The first-order valence-electron chi connectivity index (χ1n) is 6.84. The molecule has 19 heavy (non-hydrogen) atoms. The second kappa shape index (κ2) is 9.50. The van der Waals surface area contributed by atoms with E-state index in [1.54, 1.807) is 0 Å². The van der Waals surface area contributed by atoms with Gasteiger partial charge in [-0.15, -0.1) is 12.4 Å². The quantitative estimate of drug-likeness (QED) is 0.664. The smallest absolute Gasteiger partial charge is 0.234 e. The van der Waals surface area contributed by atoms with Crippen molar-refractivity contribution in [3.05, 3.63) is 0 Å². The van der Waals surface area contributed by atoms with E-state index in [1.807, 2.05) is 0 Å². The molecule has 2 aliphatic heterocycles. The fraction of sp³-hybridized carbons (Fsp3) is 0.917. The van der Waals surface area contributed by atoms with Gasteiger partial charge in [0.2, 0.25) is 5.91 Å². The Labute approximate surface area is 121 Å². The average Bonchev–Trinajstić information content (AvgIpc) is 2.41. The fourth-order valence-corrected chi connectivity index (χ4v) is 2.31. The monoisotopic (exact) mass is 292 g/mol. The Balaban J connectivity index is 0.00000180. The largest absolute Gasteiger partial charge is 0.379 e. The van der Waals surface area contributed by atoms with E-state index in [-0.39, 0.29) is 18.3 Å². The van der Waals surface area contributed by atoms with Crippen molar-refractivity contribution in [2.45, 2.75) is 0 Å². The number of amides is 1. The van der Waals surface area contributed by atoms with Gasteiger partial charge in [0.05, 0.1) is 19.8 Å². The molecule has 2 N–H and O–H groups in total. The minimum Gasteiger partial charge on any atom is -0.379 e. The molecule has 0 aliphatic carbocycles. The van der Waals surface area contributed by atoms with Crippen LogP contribution in [0.25, 0.3) is 0 Å². The van der Waals surface area contributed by atoms with Crippen LogP contribution < -0.4 is 10.6 Å². The zero-order valence-electron chi connectivity index (χ0n) is 11.4. The molecular weight excluding hydrogens is 268 g/mol. The lowest BCUT2D eigenvalue weighted by molar-refractivity contribution is -0.122. The average molecular weight is 293 g/mol. The van der Waals surface area contributed by atoms with Gasteiger partial charge >= 0.3 is 0 Å². The summed E-state index contributed by atoms with van der Waals surface area (Å²) in [5.41, 5.74) is 0. The number of hydrogen-bond acceptors (Lipinski definition) is 5. The number of nitrogens with zero attached hydrogens (tertiary/aromatic N) is 2. The van der Waals surface area contributed by atoms with Gasteiger partial charge in [0.1, 0.15) is 0 Å². The van der Waals surface area contributed by atoms with E-state index in [2.05, 4.69) is 20.4 Å². The van der Waals surface area contributed by atoms with Crippen molar-refractivity contribution in [3.63, 3.8) is 0 Å². The molecule has 7 heteroatoms. The number of carbonyl (C=O) groups excluding carboxylic acids is 1. The molecule has 2 saturated heterocycles. The third-order valence-corrected chi connectivity index (χ3v) is 3.43. The molecule has 0 spiro atoms. The maximum atomic E-state index is 11.7. The van der Waals surface area contributed by atoms with Gasteiger partial charge in [-0.1, -0.05) is 0 Å². The van der Waals surface area contributed by atoms with Gasteiger partial charge in [0.15, 0.2) is 0 Å². The van der Waals surface area contributed by atoms with Gasteiger partial charge in [0, 0.05) is 52.4 Å². The van der Waals surface area contributed by atoms with E-state index < -0.39 is 0 Å². The van der Waals surface area contributed by atoms with Gasteiger partial charge in [-0.2, -0.15) is 0 Å². The molecule has 0 radical (unpaired) electrons. The van der Waals surface area contributed by atoms with Gasteiger partial charge in [-0.05, 0) is 0 Å². The molecule has 112 valence electrons. The van der Waals surface area contributed by atoms with Crippen LogP contribution in [0, 0.1) is 0 Å². The summed E-state index contributed by atoms with van der Waals surface area (Å²) in [5, 5.41) is 6.28. The summed E-state index contributed by atoms with van der Waals surface area (Å²) >= 11 is 0. The predicted octanol–water partition coefficient (Wildman–Crippen LogP) is -1.24. The molecule has 0 saturated carbocycles. The molecule has 0 atom stereocenters. The summed E-state index contributed by atoms with van der Waals surface area (Å²) < 4.78 is 5.29. The van der Waals surface area contributed by atoms with E-state index in [4.69, 9.17) is 4.74 Å². The minimum absolute atomic E-state index is 0. The Kier molecular flexibility index (Phi) is 8.32. The molecule has 0 aromatic heterocycles. The highest BCUT2D eigenvalue weighted by Gasteiger charge is 2.14. The summed E-state index contributed by atoms with van der Waals surface area (Å²) in [6, 6.07) is 0. The van der Waals surface area contributed by atoms with Gasteiger partial charge in [-0.25, -0.2) is 0 Å². The summed E-state index contributed by atoms with van der Waals surface area (Å²) in [7, 11) is 0. The fourth-order valence-electron chi connectivity index (χ4n) is 2.31. The van der Waals surface area contributed by atoms with Gasteiger partial charge in [0.25, 0.3) is 0 Å². The highest BCUT2D eigenvalue weighted by Crippen LogP contribution is 1.95. The maximum absolute atomic E-state index is 11.7. The van der Waals surface area contributed by atoms with Crippen LogP contribution in [0.15, 0.2) is 0 Å². The molecule has 6 nitrogen and oxygen atoms in total. The zero-order chi connectivity index (χ0) is 12.6. The zero-order valence-corrected chi connectivity index (χ0v) is 12.2. The predicted molar refractivity (Wildman–Crippen MR) is 76.8 cm³/mol. The van der Waals surface area contributed by atoms with Crippen LogP contribution in [-0.4, -0.2) is 87.8 Å². The van der Waals surface area contributed by atoms with Crippen molar-refractivity contribution in [1.82, 2.24) is 20.4 Å². The van der Waals surface area contributed by atoms with Crippen LogP contribution in [0.2, 0.25) is 0 Å². The molecule has 0 bridgehead atoms. The third-order valence-electron chi connectivity index (χ3n) is 3.43. The van der Waals surface area contributed by atoms with Crippen molar-refractivity contribution in [1.29, 1.82) is 0 Å². The second-order valence-corrected chi connectivity index (χ2v) is 4.83. The van der Waals surface area contributed by atoms with Crippen molar-refractivity contribution in [3.8, 4) is 0 Å². The molecule has 0 aromatic rings. The Morgan fingerprint density at radius 1 is 1.11 bits per heavy atom. The normalized spacial score (nSPS) is 21.7. The third kappa shape index (κ3) is 6.54. The summed E-state index contributed by atoms with van der Waals surface area (Å²) in [6.07, 6.45) is 0. The van der Waals surface area contributed by atoms with Crippen molar-refractivity contribution in [2.24, 2.45) is 0 Å². The van der Waals surface area contributed by atoms with Crippen LogP contribution in [0.4, 0.5) is 0 Å². The van der Waals surface area contributed by atoms with Crippen molar-refractivity contribution < 1.29 is 9.53 Å². The number of hydrogen-bond donors (Lipinski definition) is 2. The van der Waals surface area contributed by atoms with E-state index >= 15 is 0 Å². The molecule has 2 fully saturated rings. The highest BCUT2D eigenvalue weighted by molar-refractivity contribution is 5.85. The van der Waals surface area contributed by atoms with Gasteiger partial charge < -0.3 is 15.4 Å². The number of rotatable bonds is 5. The summed E-state index contributed by atoms with van der Waals surface area (Å²) in [5.74, 6) is 0.144. The van der Waals surface area contributed by atoms with Crippen molar-refractivity contribution >= 4 is 18.3 Å². The topological polar surface area (TPSA) is 56.8 Å². The first kappa shape index (κ1) is 16.7. The Hall–Kier alpha value is -0.400. The van der Waals surface area contributed by atoms with Crippen LogP contribution in [-0.2, 0) is 9.53 Å². The first-order chi connectivity index (χ1) is 8.84. The number of nitrogens with one attached hydrogen (secondary N) is 2. The summed E-state index contributed by atoms with van der Waals surface area (Å²) in [6.45, 7) is 9.70. The molecule has 1 amide bonds. The van der Waals surface area contributed by atoms with Crippen LogP contribution >= 0.6 is 12.4 Å². The van der Waals surface area contributed by atoms with E-state index in [0.717, 1.165) is 65.6 Å². The molecule has 2 rings (SSSR count). The van der Waals surface area contributed by atoms with Crippen LogP contribution in [0.1, 0.15) is 0 Å². The number of ether oxygens (including phenoxy) is 1. The standard InChI is InChI=1S/C12H24N4O2.ClH/c17-12(11-16-4-1-13-2-5-16)14-3-6-15-7-9-18-10-8-15;/h13H,1-11H2,(H,14,17);1H. The molecule has 0 unspecified atom stereocenters. The van der Waals surface area contributed by atoms with E-state index in [1.165, 1.54) is 0 Å². The Morgan fingerprint density at radius 3 is 2.47 bits per heavy atom. The number of piperazine rings is 1. The SMILES string of the molecule is Cl.O=C(CN1CCNCC1)NCCN1CCOCC1. The molecular formula is C12H25ClN4O2. The lowest BCUT2D eigenvalue weighted by Crippen LogP contribution is -2.48. The first-order valence-corrected chi connectivity index (χ1v) is 6.84. The number of morpholine rings is 1. The molecule has 0 aromatic carbocycles. The molecule has 2 heterocycles. The number of carbonyl (C=O) groups is 1. The lowest BCUT2D eigenvalue weighted by Gasteiger charge is -2.28. The lowest BCUT2D eigenvalue weighted by atomic mass is 10.3. The maximum Gasteiger partial charge on any atom is 0.234 e. The number of halogens is 1. The second-order valence-electron chi connectivity index (χ2n) is 4.83. The minimum atomic E-state index is 0. The summed E-state index contributed by atoms with van der Waals surface area (Å²) in [4.78, 5) is 16.3. The highest BCUT2D eigenvalue weighted by atomic mass is 35.5. The van der Waals surface area contributed by atoms with E-state index in [0.29, 0.717) is 6.54 Å². The van der Waals surface area contributed by atoms with Crippen LogP contribution in [0.5, 0.6) is 0 Å².